The Morgan fingerprint density at radius 2 is 1.52 bits per heavy atom. The van der Waals surface area contributed by atoms with Gasteiger partial charge in [0.05, 0.1) is 0 Å². The molecule has 1 N–H and O–H groups in total. The van der Waals surface area contributed by atoms with Gasteiger partial charge in [0.15, 0.2) is 23.0 Å². The fourth-order valence-electron chi connectivity index (χ4n) is 4.59. The van der Waals surface area contributed by atoms with E-state index < -0.39 is 5.72 Å². The van der Waals surface area contributed by atoms with Crippen LogP contribution in [0.3, 0.4) is 0 Å². The Balaban J connectivity index is 1.55. The molecular formula is C19H17NO5. The van der Waals surface area contributed by atoms with Gasteiger partial charge >= 0.3 is 0 Å². The van der Waals surface area contributed by atoms with E-state index in [4.69, 9.17) is 18.9 Å². The van der Waals surface area contributed by atoms with Crippen molar-refractivity contribution in [3.05, 3.63) is 46.5 Å². The summed E-state index contributed by atoms with van der Waals surface area (Å²) in [5.74, 6) is 3.01. The summed E-state index contributed by atoms with van der Waals surface area (Å²) in [5, 5.41) is 11.6. The molecule has 0 amide bonds. The summed E-state index contributed by atoms with van der Waals surface area (Å²) in [4.78, 5) is 2.06. The highest BCUT2D eigenvalue weighted by atomic mass is 16.7. The predicted octanol–water partition coefficient (Wildman–Crippen LogP) is 2.07. The van der Waals surface area contributed by atoms with Gasteiger partial charge in [0.25, 0.3) is 0 Å². The second kappa shape index (κ2) is 4.39. The van der Waals surface area contributed by atoms with Crippen molar-refractivity contribution in [3.8, 4) is 23.0 Å². The zero-order valence-electron chi connectivity index (χ0n) is 13.7. The van der Waals surface area contributed by atoms with E-state index in [1.807, 2.05) is 25.2 Å². The predicted molar refractivity (Wildman–Crippen MR) is 86.9 cm³/mol. The standard InChI is InChI=1S/C19H17NO5/c1-20-14-2-10-3-15-18(25-9-22-15)6-13(10)19(20,21)7-11-4-16-17(5-12(11)14)24-8-23-16/h3-6,14,21H,2,7-9H2,1H3/t14-,19-/m1/s1. The van der Waals surface area contributed by atoms with Crippen molar-refractivity contribution in [1.82, 2.24) is 4.90 Å². The molecule has 25 heavy (non-hydrogen) atoms. The SMILES string of the molecule is CN1[C@@H]2Cc3cc4c(cc3[C@]1(O)Cc1cc3c(cc12)OCO3)OCO4. The van der Waals surface area contributed by atoms with Crippen LogP contribution in [-0.4, -0.2) is 30.6 Å². The molecule has 4 aliphatic heterocycles. The van der Waals surface area contributed by atoms with Crippen LogP contribution in [0.5, 0.6) is 23.0 Å². The molecule has 2 aromatic carbocycles. The zero-order chi connectivity index (χ0) is 16.8. The Morgan fingerprint density at radius 1 is 0.920 bits per heavy atom. The molecule has 0 saturated heterocycles. The molecule has 2 atom stereocenters. The van der Waals surface area contributed by atoms with Gasteiger partial charge in [-0.1, -0.05) is 0 Å². The molecule has 128 valence electrons. The summed E-state index contributed by atoms with van der Waals surface area (Å²) in [6, 6.07) is 8.11. The van der Waals surface area contributed by atoms with E-state index >= 15 is 0 Å². The van der Waals surface area contributed by atoms with E-state index in [1.165, 1.54) is 5.56 Å². The number of fused-ring (bicyclic) bond motifs is 8. The summed E-state index contributed by atoms with van der Waals surface area (Å²) in [5.41, 5.74) is 3.25. The molecule has 2 aromatic rings. The molecule has 4 aliphatic rings. The number of rotatable bonds is 0. The number of hydrogen-bond acceptors (Lipinski definition) is 6. The normalized spacial score (nSPS) is 27.8. The summed E-state index contributed by atoms with van der Waals surface area (Å²) < 4.78 is 22.1. The molecule has 0 aliphatic carbocycles. The number of aliphatic hydroxyl groups is 1. The molecule has 6 heteroatoms. The Bertz CT molecular complexity index is 927. The van der Waals surface area contributed by atoms with Crippen molar-refractivity contribution in [2.45, 2.75) is 24.6 Å². The second-order valence-electron chi connectivity index (χ2n) is 7.09. The third-order valence-corrected chi connectivity index (χ3v) is 5.92. The van der Waals surface area contributed by atoms with E-state index in [2.05, 4.69) is 11.0 Å². The average Bonchev–Trinajstić information content (AvgIpc) is 3.23. The molecule has 0 radical (unpaired) electrons. The van der Waals surface area contributed by atoms with Crippen LogP contribution in [0, 0.1) is 0 Å². The first kappa shape index (κ1) is 13.8. The maximum atomic E-state index is 11.6. The first-order valence-electron chi connectivity index (χ1n) is 8.44. The van der Waals surface area contributed by atoms with Crippen LogP contribution >= 0.6 is 0 Å². The summed E-state index contributed by atoms with van der Waals surface area (Å²) in [6.45, 7) is 0.488. The largest absolute Gasteiger partial charge is 0.454 e. The maximum absolute atomic E-state index is 11.6. The molecule has 6 nitrogen and oxygen atoms in total. The number of benzene rings is 2. The van der Waals surface area contributed by atoms with E-state index in [9.17, 15) is 5.11 Å². The van der Waals surface area contributed by atoms with Crippen LogP contribution in [0.25, 0.3) is 0 Å². The highest BCUT2D eigenvalue weighted by molar-refractivity contribution is 5.57. The Kier molecular flexibility index (Phi) is 2.42. The van der Waals surface area contributed by atoms with Crippen LogP contribution in [0.4, 0.5) is 0 Å². The lowest BCUT2D eigenvalue weighted by molar-refractivity contribution is -0.141. The zero-order valence-corrected chi connectivity index (χ0v) is 13.7. The second-order valence-corrected chi connectivity index (χ2v) is 7.09. The average molecular weight is 339 g/mol. The molecule has 0 saturated carbocycles. The minimum atomic E-state index is -1.07. The van der Waals surface area contributed by atoms with Gasteiger partial charge in [0.1, 0.15) is 5.72 Å². The minimum absolute atomic E-state index is 0.0797. The molecule has 0 fully saturated rings. The van der Waals surface area contributed by atoms with Crippen LogP contribution in [-0.2, 0) is 18.6 Å². The van der Waals surface area contributed by atoms with Crippen molar-refractivity contribution in [3.63, 3.8) is 0 Å². The Labute approximate surface area is 144 Å². The quantitative estimate of drug-likeness (QED) is 0.793. The number of hydrogen-bond donors (Lipinski definition) is 1. The van der Waals surface area contributed by atoms with E-state index in [-0.39, 0.29) is 19.6 Å². The number of ether oxygens (including phenoxy) is 4. The first-order chi connectivity index (χ1) is 12.1. The maximum Gasteiger partial charge on any atom is 0.231 e. The monoisotopic (exact) mass is 339 g/mol. The Hall–Kier alpha value is -2.44. The van der Waals surface area contributed by atoms with E-state index in [1.54, 1.807) is 0 Å². The van der Waals surface area contributed by atoms with Crippen molar-refractivity contribution in [1.29, 1.82) is 0 Å². The van der Waals surface area contributed by atoms with Gasteiger partial charge in [0, 0.05) is 18.0 Å². The van der Waals surface area contributed by atoms with Crippen molar-refractivity contribution < 1.29 is 24.1 Å². The molecule has 0 spiro atoms. The van der Waals surface area contributed by atoms with Crippen molar-refractivity contribution in [2.75, 3.05) is 20.6 Å². The van der Waals surface area contributed by atoms with Crippen LogP contribution in [0.1, 0.15) is 28.3 Å². The van der Waals surface area contributed by atoms with Gasteiger partial charge in [-0.15, -0.1) is 0 Å². The summed E-state index contributed by atoms with van der Waals surface area (Å²) in [7, 11) is 1.98. The highest BCUT2D eigenvalue weighted by Crippen LogP contribution is 2.53. The number of likely N-dealkylation sites (N-methyl/N-ethyl adjacent to an activating group) is 1. The molecule has 4 heterocycles. The third-order valence-electron chi connectivity index (χ3n) is 5.92. The van der Waals surface area contributed by atoms with Gasteiger partial charge in [-0.25, -0.2) is 0 Å². The topological polar surface area (TPSA) is 60.4 Å². The Morgan fingerprint density at radius 3 is 2.24 bits per heavy atom. The van der Waals surface area contributed by atoms with Gasteiger partial charge in [-0.3, -0.25) is 4.90 Å². The number of nitrogens with zero attached hydrogens (tertiary/aromatic N) is 1. The lowest BCUT2D eigenvalue weighted by Gasteiger charge is -2.51. The van der Waals surface area contributed by atoms with E-state index in [0.29, 0.717) is 12.2 Å². The fraction of sp³-hybridized carbons (Fsp3) is 0.368. The van der Waals surface area contributed by atoms with Crippen LogP contribution < -0.4 is 18.9 Å². The van der Waals surface area contributed by atoms with Gasteiger partial charge < -0.3 is 24.1 Å². The van der Waals surface area contributed by atoms with Gasteiger partial charge in [-0.2, -0.15) is 0 Å². The molecule has 0 aromatic heterocycles. The molecule has 2 bridgehead atoms. The van der Waals surface area contributed by atoms with Crippen molar-refractivity contribution in [2.24, 2.45) is 0 Å². The minimum Gasteiger partial charge on any atom is -0.454 e. The van der Waals surface area contributed by atoms with Crippen molar-refractivity contribution >= 4 is 0 Å². The third kappa shape index (κ3) is 1.66. The molecule has 6 rings (SSSR count). The van der Waals surface area contributed by atoms with Gasteiger partial charge in [0.2, 0.25) is 13.6 Å². The molecular weight excluding hydrogens is 322 g/mol. The first-order valence-corrected chi connectivity index (χ1v) is 8.44. The van der Waals surface area contributed by atoms with Gasteiger partial charge in [-0.05, 0) is 54.4 Å². The lowest BCUT2D eigenvalue weighted by Crippen LogP contribution is -2.54. The lowest BCUT2D eigenvalue weighted by atomic mass is 9.74. The smallest absolute Gasteiger partial charge is 0.231 e. The summed E-state index contributed by atoms with van der Waals surface area (Å²) >= 11 is 0. The van der Waals surface area contributed by atoms with E-state index in [0.717, 1.165) is 40.4 Å². The fourth-order valence-corrected chi connectivity index (χ4v) is 4.59. The molecule has 0 unspecified atom stereocenters. The highest BCUT2D eigenvalue weighted by Gasteiger charge is 2.49. The summed E-state index contributed by atoms with van der Waals surface area (Å²) in [6.07, 6.45) is 1.30. The van der Waals surface area contributed by atoms with Crippen LogP contribution in [0.2, 0.25) is 0 Å². The van der Waals surface area contributed by atoms with Crippen LogP contribution in [0.15, 0.2) is 24.3 Å².